The lowest BCUT2D eigenvalue weighted by Crippen LogP contribution is -2.06. The van der Waals surface area contributed by atoms with Gasteiger partial charge in [-0.05, 0) is 64.2 Å². The summed E-state index contributed by atoms with van der Waals surface area (Å²) in [6.45, 7) is 0. The summed E-state index contributed by atoms with van der Waals surface area (Å²) in [6, 6.07) is 79.3. The van der Waals surface area contributed by atoms with E-state index in [4.69, 9.17) is 15.0 Å². The van der Waals surface area contributed by atoms with Crippen molar-refractivity contribution in [2.75, 3.05) is 0 Å². The van der Waals surface area contributed by atoms with E-state index < -0.39 is 0 Å². The molecule has 0 saturated carbocycles. The first-order valence-corrected chi connectivity index (χ1v) is 21.0. The van der Waals surface area contributed by atoms with E-state index in [1.165, 1.54) is 38.6 Å². The molecule has 62 heavy (non-hydrogen) atoms. The normalized spacial score (nSPS) is 11.5. The molecule has 0 unspecified atom stereocenters. The second-order valence-electron chi connectivity index (χ2n) is 15.6. The number of hydrogen-bond acceptors (Lipinski definition) is 3. The van der Waals surface area contributed by atoms with E-state index in [0.717, 1.165) is 55.2 Å². The maximum Gasteiger partial charge on any atom is 0.238 e. The maximum absolute atomic E-state index is 5.28. The minimum atomic E-state index is 0.568. The molecule has 0 spiro atoms. The van der Waals surface area contributed by atoms with Crippen LogP contribution in [0.15, 0.2) is 224 Å². The lowest BCUT2D eigenvalue weighted by atomic mass is 9.97. The highest BCUT2D eigenvalue weighted by atomic mass is 15.2. The second kappa shape index (κ2) is 14.7. The fourth-order valence-corrected chi connectivity index (χ4v) is 9.14. The second-order valence-corrected chi connectivity index (χ2v) is 15.6. The van der Waals surface area contributed by atoms with Crippen LogP contribution in [0.5, 0.6) is 0 Å². The SMILES string of the molecule is c1ccc(-c2ccc(-c3nc(-c4ccccc4)nc(-n4c5ccccc5c5c6c7ccccc7n(-c7ccc(-c8ccccc8)cc7-c7ccccc7)c6ccc54)n3)cc2)cc1. The zero-order valence-electron chi connectivity index (χ0n) is 33.6. The van der Waals surface area contributed by atoms with Crippen LogP contribution in [0, 0.1) is 0 Å². The van der Waals surface area contributed by atoms with Crippen molar-refractivity contribution >= 4 is 43.6 Å². The monoisotopic (exact) mass is 791 g/mol. The summed E-state index contributed by atoms with van der Waals surface area (Å²) in [4.78, 5) is 15.6. The van der Waals surface area contributed by atoms with Crippen molar-refractivity contribution in [1.82, 2.24) is 24.1 Å². The van der Waals surface area contributed by atoms with E-state index in [2.05, 4.69) is 209 Å². The first-order valence-electron chi connectivity index (χ1n) is 21.0. The van der Waals surface area contributed by atoms with Gasteiger partial charge in [-0.25, -0.2) is 4.98 Å². The molecule has 12 rings (SSSR count). The zero-order valence-corrected chi connectivity index (χ0v) is 33.6. The van der Waals surface area contributed by atoms with Crippen LogP contribution in [0.2, 0.25) is 0 Å². The van der Waals surface area contributed by atoms with Gasteiger partial charge in [0.05, 0.1) is 27.8 Å². The van der Waals surface area contributed by atoms with E-state index in [0.29, 0.717) is 17.6 Å². The zero-order chi connectivity index (χ0) is 41.0. The fourth-order valence-electron chi connectivity index (χ4n) is 9.14. The van der Waals surface area contributed by atoms with Gasteiger partial charge in [-0.15, -0.1) is 0 Å². The Labute approximate surface area is 358 Å². The first kappa shape index (κ1) is 35.5. The van der Waals surface area contributed by atoms with Gasteiger partial charge in [-0.1, -0.05) is 188 Å². The van der Waals surface area contributed by atoms with Crippen LogP contribution in [0.4, 0.5) is 0 Å². The Morgan fingerprint density at radius 3 is 1.26 bits per heavy atom. The van der Waals surface area contributed by atoms with Crippen LogP contribution < -0.4 is 0 Å². The summed E-state index contributed by atoms with van der Waals surface area (Å²) in [7, 11) is 0. The van der Waals surface area contributed by atoms with E-state index in [1.807, 2.05) is 24.3 Å². The van der Waals surface area contributed by atoms with Gasteiger partial charge in [0, 0.05) is 38.2 Å². The molecule has 0 aliphatic heterocycles. The average molecular weight is 792 g/mol. The minimum absolute atomic E-state index is 0.568. The molecule has 0 bridgehead atoms. The Balaban J connectivity index is 1.11. The molecule has 0 saturated heterocycles. The Bertz CT molecular complexity index is 3590. The summed E-state index contributed by atoms with van der Waals surface area (Å²) < 4.78 is 4.66. The Kier molecular flexibility index (Phi) is 8.42. The van der Waals surface area contributed by atoms with Crippen LogP contribution in [0.25, 0.3) is 111 Å². The number of benzene rings is 9. The van der Waals surface area contributed by atoms with Crippen LogP contribution in [-0.4, -0.2) is 24.1 Å². The number of hydrogen-bond donors (Lipinski definition) is 0. The number of rotatable bonds is 7. The van der Waals surface area contributed by atoms with E-state index in [1.54, 1.807) is 0 Å². The highest BCUT2D eigenvalue weighted by molar-refractivity contribution is 6.29. The van der Waals surface area contributed by atoms with E-state index in [-0.39, 0.29) is 0 Å². The molecule has 0 aliphatic rings. The fraction of sp³-hybridized carbons (Fsp3) is 0. The first-order chi connectivity index (χ1) is 30.8. The van der Waals surface area contributed by atoms with Crippen molar-refractivity contribution < 1.29 is 0 Å². The van der Waals surface area contributed by atoms with Gasteiger partial charge in [0.2, 0.25) is 5.95 Å². The number of nitrogens with zero attached hydrogens (tertiary/aromatic N) is 5. The Hall–Kier alpha value is -8.41. The maximum atomic E-state index is 5.28. The van der Waals surface area contributed by atoms with Gasteiger partial charge in [0.15, 0.2) is 11.6 Å². The minimum Gasteiger partial charge on any atom is -0.309 e. The van der Waals surface area contributed by atoms with Crippen LogP contribution in [0.1, 0.15) is 0 Å². The van der Waals surface area contributed by atoms with Crippen LogP contribution in [0.3, 0.4) is 0 Å². The van der Waals surface area contributed by atoms with Crippen molar-refractivity contribution in [2.45, 2.75) is 0 Å². The molecule has 3 aromatic heterocycles. The number of fused-ring (bicyclic) bond motifs is 7. The van der Waals surface area contributed by atoms with Gasteiger partial charge < -0.3 is 4.57 Å². The quantitative estimate of drug-likeness (QED) is 0.162. The Morgan fingerprint density at radius 1 is 0.274 bits per heavy atom. The van der Waals surface area contributed by atoms with Crippen molar-refractivity contribution in [3.63, 3.8) is 0 Å². The molecule has 0 fully saturated rings. The van der Waals surface area contributed by atoms with Crippen molar-refractivity contribution in [2.24, 2.45) is 0 Å². The lowest BCUT2D eigenvalue weighted by molar-refractivity contribution is 0.953. The summed E-state index contributed by atoms with van der Waals surface area (Å²) in [6.07, 6.45) is 0. The van der Waals surface area contributed by atoms with Gasteiger partial charge >= 0.3 is 0 Å². The molecule has 0 atom stereocenters. The van der Waals surface area contributed by atoms with Crippen molar-refractivity contribution in [3.05, 3.63) is 224 Å². The molecule has 0 N–H and O–H groups in total. The average Bonchev–Trinajstić information content (AvgIpc) is 3.88. The molecule has 3 heterocycles. The number of aromatic nitrogens is 5. The van der Waals surface area contributed by atoms with Crippen LogP contribution in [-0.2, 0) is 0 Å². The third-order valence-electron chi connectivity index (χ3n) is 12.0. The summed E-state index contributed by atoms with van der Waals surface area (Å²) in [5.74, 6) is 1.80. The van der Waals surface area contributed by atoms with Crippen molar-refractivity contribution in [3.8, 4) is 67.8 Å². The van der Waals surface area contributed by atoms with Crippen molar-refractivity contribution in [1.29, 1.82) is 0 Å². The molecule has 9 aromatic carbocycles. The predicted octanol–water partition coefficient (Wildman–Crippen LogP) is 14.4. The van der Waals surface area contributed by atoms with Crippen LogP contribution >= 0.6 is 0 Å². The topological polar surface area (TPSA) is 48.5 Å². The summed E-state index contributed by atoms with van der Waals surface area (Å²) >= 11 is 0. The van der Waals surface area contributed by atoms with Gasteiger partial charge in [-0.2, -0.15) is 9.97 Å². The highest BCUT2D eigenvalue weighted by Gasteiger charge is 2.24. The predicted molar refractivity (Wildman–Crippen MR) is 256 cm³/mol. The smallest absolute Gasteiger partial charge is 0.238 e. The highest BCUT2D eigenvalue weighted by Crippen LogP contribution is 2.44. The molecule has 290 valence electrons. The largest absolute Gasteiger partial charge is 0.309 e. The standard InChI is InChI=1S/C57H37N5/c1-5-17-38(18-6-1)40-29-31-43(32-30-40)56-58-55(42-23-11-4-12-24-42)59-57(60-56)62-49-28-16-14-26-46(49)54-52(62)36-35-51-53(54)45-25-13-15-27-48(45)61(51)50-34-33-44(39-19-7-2-8-20-39)37-47(50)41-21-9-3-10-22-41/h1-37H. The molecule has 0 radical (unpaired) electrons. The molecule has 0 aliphatic carbocycles. The molecule has 12 aromatic rings. The third-order valence-corrected chi connectivity index (χ3v) is 12.0. The van der Waals surface area contributed by atoms with E-state index >= 15 is 0 Å². The molecule has 5 nitrogen and oxygen atoms in total. The van der Waals surface area contributed by atoms with Gasteiger partial charge in [0.25, 0.3) is 0 Å². The molecular formula is C57H37N5. The number of para-hydroxylation sites is 2. The van der Waals surface area contributed by atoms with Gasteiger partial charge in [-0.3, -0.25) is 4.57 Å². The van der Waals surface area contributed by atoms with E-state index in [9.17, 15) is 0 Å². The van der Waals surface area contributed by atoms with Gasteiger partial charge in [0.1, 0.15) is 0 Å². The Morgan fingerprint density at radius 2 is 0.677 bits per heavy atom. The molecule has 5 heteroatoms. The third kappa shape index (κ3) is 5.90. The summed E-state index contributed by atoms with van der Waals surface area (Å²) in [5, 5.41) is 4.66. The lowest BCUT2D eigenvalue weighted by Gasteiger charge is -2.16. The molecular weight excluding hydrogens is 755 g/mol. The summed E-state index contributed by atoms with van der Waals surface area (Å²) in [5.41, 5.74) is 14.3. The molecule has 0 amide bonds.